The van der Waals surface area contributed by atoms with Crippen molar-refractivity contribution < 1.29 is 4.74 Å². The maximum atomic E-state index is 5.46. The van der Waals surface area contributed by atoms with E-state index in [-0.39, 0.29) is 6.61 Å². The third-order valence-electron chi connectivity index (χ3n) is 2.97. The monoisotopic (exact) mass is 313 g/mol. The second kappa shape index (κ2) is 6.91. The van der Waals surface area contributed by atoms with E-state index in [1.54, 1.807) is 6.20 Å². The molecule has 0 fully saturated rings. The number of aromatic nitrogens is 2. The molecule has 0 radical (unpaired) electrons. The van der Waals surface area contributed by atoms with Crippen molar-refractivity contribution in [3.05, 3.63) is 23.7 Å². The van der Waals surface area contributed by atoms with Gasteiger partial charge in [0, 0.05) is 24.7 Å². The number of rotatable bonds is 4. The highest BCUT2D eigenvalue weighted by Gasteiger charge is 2.12. The maximum Gasteiger partial charge on any atom is 0.223 e. The molecule has 0 spiro atoms. The molecule has 0 bridgehead atoms. The first-order valence-corrected chi connectivity index (χ1v) is 7.77. The standard InChI is InChI=1S/C15H15N5OS/c1-2-9-21-13-11(5-3-6-16-13)12-10-22-15(19-12)20-14-17-7-4-8-18-14/h1,3,5-6,10H,4,7-9H2,(H2,17,18,19,20). The number of nitrogens with one attached hydrogen (secondary N) is 2. The second-order valence-corrected chi connectivity index (χ2v) is 5.38. The molecular formula is C15H15N5OS. The van der Waals surface area contributed by atoms with Crippen LogP contribution in [0, 0.1) is 12.3 Å². The molecule has 1 aliphatic heterocycles. The predicted octanol–water partition coefficient (Wildman–Crippen LogP) is 1.98. The van der Waals surface area contributed by atoms with E-state index in [4.69, 9.17) is 11.2 Å². The summed E-state index contributed by atoms with van der Waals surface area (Å²) >= 11 is 1.50. The summed E-state index contributed by atoms with van der Waals surface area (Å²) in [6.07, 6.45) is 7.95. The van der Waals surface area contributed by atoms with Crippen LogP contribution in [-0.2, 0) is 0 Å². The Balaban J connectivity index is 1.79. The molecule has 0 unspecified atom stereocenters. The lowest BCUT2D eigenvalue weighted by Crippen LogP contribution is -2.35. The molecule has 112 valence electrons. The summed E-state index contributed by atoms with van der Waals surface area (Å²) in [5.41, 5.74) is 1.62. The Bertz CT molecular complexity index is 719. The number of aliphatic imine (C=N–C) groups is 1. The van der Waals surface area contributed by atoms with E-state index in [2.05, 4.69) is 31.5 Å². The SMILES string of the molecule is C#CCOc1ncccc1-c1csc(NC2=NCCCN2)n1. The van der Waals surface area contributed by atoms with Crippen LogP contribution in [0.4, 0.5) is 5.13 Å². The van der Waals surface area contributed by atoms with Gasteiger partial charge in [0.25, 0.3) is 0 Å². The van der Waals surface area contributed by atoms with E-state index in [1.807, 2.05) is 17.5 Å². The summed E-state index contributed by atoms with van der Waals surface area (Å²) in [6, 6.07) is 3.76. The first-order valence-electron chi connectivity index (χ1n) is 6.89. The number of pyridine rings is 1. The van der Waals surface area contributed by atoms with Crippen LogP contribution in [0.1, 0.15) is 6.42 Å². The average molecular weight is 313 g/mol. The lowest BCUT2D eigenvalue weighted by atomic mass is 10.2. The van der Waals surface area contributed by atoms with Crippen molar-refractivity contribution in [2.45, 2.75) is 6.42 Å². The number of hydrogen-bond acceptors (Lipinski definition) is 7. The largest absolute Gasteiger partial charge is 0.464 e. The van der Waals surface area contributed by atoms with E-state index < -0.39 is 0 Å². The quantitative estimate of drug-likeness (QED) is 0.845. The molecule has 6 nitrogen and oxygen atoms in total. The number of thiazole rings is 1. The van der Waals surface area contributed by atoms with Crippen molar-refractivity contribution in [2.24, 2.45) is 4.99 Å². The van der Waals surface area contributed by atoms with Gasteiger partial charge < -0.3 is 15.4 Å². The van der Waals surface area contributed by atoms with Crippen LogP contribution in [-0.4, -0.2) is 35.6 Å². The molecule has 2 aromatic heterocycles. The Morgan fingerprint density at radius 1 is 1.50 bits per heavy atom. The fraction of sp³-hybridized carbons (Fsp3) is 0.267. The molecule has 0 saturated carbocycles. The Kier molecular flexibility index (Phi) is 4.51. The van der Waals surface area contributed by atoms with Crippen molar-refractivity contribution in [1.29, 1.82) is 0 Å². The molecule has 0 amide bonds. The smallest absolute Gasteiger partial charge is 0.223 e. The van der Waals surface area contributed by atoms with Gasteiger partial charge in [0.05, 0.1) is 11.3 Å². The molecule has 2 aromatic rings. The number of ether oxygens (including phenoxy) is 1. The zero-order valence-corrected chi connectivity index (χ0v) is 12.7. The van der Waals surface area contributed by atoms with Gasteiger partial charge in [-0.15, -0.1) is 17.8 Å². The van der Waals surface area contributed by atoms with Crippen LogP contribution in [0.3, 0.4) is 0 Å². The van der Waals surface area contributed by atoms with Crippen molar-refractivity contribution in [2.75, 3.05) is 25.0 Å². The van der Waals surface area contributed by atoms with Gasteiger partial charge in [0.1, 0.15) is 0 Å². The van der Waals surface area contributed by atoms with Crippen LogP contribution in [0.2, 0.25) is 0 Å². The molecule has 3 rings (SSSR count). The normalized spacial score (nSPS) is 13.7. The van der Waals surface area contributed by atoms with E-state index in [9.17, 15) is 0 Å². The Morgan fingerprint density at radius 2 is 2.45 bits per heavy atom. The van der Waals surface area contributed by atoms with Gasteiger partial charge in [-0.1, -0.05) is 5.92 Å². The van der Waals surface area contributed by atoms with E-state index >= 15 is 0 Å². The number of anilines is 1. The minimum Gasteiger partial charge on any atom is -0.464 e. The van der Waals surface area contributed by atoms with Crippen LogP contribution < -0.4 is 15.4 Å². The molecule has 2 N–H and O–H groups in total. The van der Waals surface area contributed by atoms with Crippen LogP contribution in [0.15, 0.2) is 28.7 Å². The lowest BCUT2D eigenvalue weighted by molar-refractivity contribution is 0.357. The first kappa shape index (κ1) is 14.4. The number of hydrogen-bond donors (Lipinski definition) is 2. The zero-order valence-electron chi connectivity index (χ0n) is 11.9. The Labute approximate surface area is 132 Å². The molecule has 7 heteroatoms. The number of terminal acetylenes is 1. The lowest BCUT2D eigenvalue weighted by Gasteiger charge is -2.14. The molecule has 0 saturated heterocycles. The molecule has 0 atom stereocenters. The van der Waals surface area contributed by atoms with Gasteiger partial charge in [-0.05, 0) is 18.6 Å². The van der Waals surface area contributed by atoms with E-state index in [0.717, 1.165) is 41.9 Å². The molecular weight excluding hydrogens is 298 g/mol. The third-order valence-corrected chi connectivity index (χ3v) is 3.72. The summed E-state index contributed by atoms with van der Waals surface area (Å²) in [4.78, 5) is 13.1. The summed E-state index contributed by atoms with van der Waals surface area (Å²) in [7, 11) is 0. The van der Waals surface area contributed by atoms with E-state index in [0.29, 0.717) is 5.88 Å². The summed E-state index contributed by atoms with van der Waals surface area (Å²) < 4.78 is 5.46. The fourth-order valence-electron chi connectivity index (χ4n) is 1.98. The van der Waals surface area contributed by atoms with Gasteiger partial charge in [-0.2, -0.15) is 0 Å². The van der Waals surface area contributed by atoms with Crippen LogP contribution in [0.25, 0.3) is 11.3 Å². The van der Waals surface area contributed by atoms with Crippen molar-refractivity contribution >= 4 is 22.4 Å². The minimum absolute atomic E-state index is 0.181. The van der Waals surface area contributed by atoms with Crippen molar-refractivity contribution in [3.63, 3.8) is 0 Å². The summed E-state index contributed by atoms with van der Waals surface area (Å²) in [6.45, 7) is 1.94. The third kappa shape index (κ3) is 3.35. The summed E-state index contributed by atoms with van der Waals surface area (Å²) in [5, 5.41) is 9.11. The minimum atomic E-state index is 0.181. The summed E-state index contributed by atoms with van der Waals surface area (Å²) in [5.74, 6) is 3.69. The highest BCUT2D eigenvalue weighted by Crippen LogP contribution is 2.30. The molecule has 0 aliphatic carbocycles. The van der Waals surface area contributed by atoms with Crippen molar-refractivity contribution in [1.82, 2.24) is 15.3 Å². The average Bonchev–Trinajstić information content (AvgIpc) is 3.02. The molecule has 22 heavy (non-hydrogen) atoms. The Hall–Kier alpha value is -2.59. The predicted molar refractivity (Wildman–Crippen MR) is 88.2 cm³/mol. The highest BCUT2D eigenvalue weighted by atomic mass is 32.1. The fourth-order valence-corrected chi connectivity index (χ4v) is 2.69. The molecule has 1 aliphatic rings. The van der Waals surface area contributed by atoms with Gasteiger partial charge in [0.2, 0.25) is 5.88 Å². The number of guanidine groups is 1. The Morgan fingerprint density at radius 3 is 3.27 bits per heavy atom. The molecule has 0 aromatic carbocycles. The second-order valence-electron chi connectivity index (χ2n) is 4.52. The zero-order chi connectivity index (χ0) is 15.2. The van der Waals surface area contributed by atoms with Gasteiger partial charge in [0.15, 0.2) is 17.7 Å². The molecule has 3 heterocycles. The van der Waals surface area contributed by atoms with Crippen LogP contribution >= 0.6 is 11.3 Å². The van der Waals surface area contributed by atoms with Crippen LogP contribution in [0.5, 0.6) is 5.88 Å². The first-order chi connectivity index (χ1) is 10.9. The topological polar surface area (TPSA) is 71.4 Å². The highest BCUT2D eigenvalue weighted by molar-refractivity contribution is 7.14. The maximum absolute atomic E-state index is 5.46. The van der Waals surface area contributed by atoms with Gasteiger partial charge >= 0.3 is 0 Å². The van der Waals surface area contributed by atoms with Gasteiger partial charge in [-0.3, -0.25) is 4.99 Å². The van der Waals surface area contributed by atoms with Crippen molar-refractivity contribution in [3.8, 4) is 29.5 Å². The number of nitrogens with zero attached hydrogens (tertiary/aromatic N) is 3. The van der Waals surface area contributed by atoms with E-state index in [1.165, 1.54) is 11.3 Å². The van der Waals surface area contributed by atoms with Gasteiger partial charge in [-0.25, -0.2) is 9.97 Å².